The van der Waals surface area contributed by atoms with E-state index in [0.717, 1.165) is 5.56 Å². The van der Waals surface area contributed by atoms with Crippen LogP contribution in [0.5, 0.6) is 0 Å². The van der Waals surface area contributed by atoms with Gasteiger partial charge in [0.15, 0.2) is 0 Å². The number of benzene rings is 2. The number of amides is 2. The maximum Gasteiger partial charge on any atom is 0.234 e. The first-order valence-electron chi connectivity index (χ1n) is 8.03. The number of rotatable bonds is 8. The average Bonchev–Trinajstić information content (AvgIpc) is 2.54. The lowest BCUT2D eigenvalue weighted by atomic mass is 10.1. The number of hydrogen-bond acceptors (Lipinski definition) is 4. The van der Waals surface area contributed by atoms with E-state index >= 15 is 0 Å². The van der Waals surface area contributed by atoms with Gasteiger partial charge in [-0.15, -0.1) is 0 Å². The van der Waals surface area contributed by atoms with Gasteiger partial charge in [-0.25, -0.2) is 8.42 Å². The molecule has 0 unspecified atom stereocenters. The second-order valence-electron chi connectivity index (χ2n) is 5.70. The lowest BCUT2D eigenvalue weighted by molar-refractivity contribution is -0.120. The maximum atomic E-state index is 12.1. The molecule has 0 atom stereocenters. The Hall–Kier alpha value is -2.87. The molecule has 0 heterocycles. The number of sulfonamides is 1. The largest absolute Gasteiger partial charge is 0.355 e. The molecular weight excluding hydrogens is 354 g/mol. The molecule has 0 aliphatic carbocycles. The fourth-order valence-corrected chi connectivity index (χ4v) is 3.22. The fourth-order valence-electron chi connectivity index (χ4n) is 2.26. The predicted octanol–water partition coefficient (Wildman–Crippen LogP) is 1.75. The van der Waals surface area contributed by atoms with E-state index in [1.807, 2.05) is 30.3 Å². The Bertz CT molecular complexity index is 867. The van der Waals surface area contributed by atoms with E-state index in [1.54, 1.807) is 18.2 Å². The summed E-state index contributed by atoms with van der Waals surface area (Å²) in [6.45, 7) is 1.38. The topological polar surface area (TPSA) is 104 Å². The number of carbonyl (C=O) groups excluding carboxylic acids is 2. The van der Waals surface area contributed by atoms with Crippen LogP contribution < -0.4 is 15.4 Å². The second-order valence-corrected chi connectivity index (χ2v) is 7.54. The van der Waals surface area contributed by atoms with E-state index in [9.17, 15) is 18.0 Å². The van der Waals surface area contributed by atoms with Gasteiger partial charge in [-0.3, -0.25) is 14.3 Å². The van der Waals surface area contributed by atoms with Crippen molar-refractivity contribution in [2.75, 3.05) is 22.3 Å². The minimum absolute atomic E-state index is 0.00634. The third-order valence-corrected chi connectivity index (χ3v) is 4.65. The average molecular weight is 375 g/mol. The van der Waals surface area contributed by atoms with Crippen LogP contribution in [0.1, 0.15) is 12.5 Å². The summed E-state index contributed by atoms with van der Waals surface area (Å²) in [5.74, 6) is -0.733. The van der Waals surface area contributed by atoms with Crippen LogP contribution in [0.25, 0.3) is 0 Å². The SMILES string of the molecule is CC(=O)Nc1cccc(NS(=O)(=O)CCNC(=O)Cc2ccccc2)c1. The van der Waals surface area contributed by atoms with Gasteiger partial charge in [-0.2, -0.15) is 0 Å². The van der Waals surface area contributed by atoms with Crippen molar-refractivity contribution in [2.45, 2.75) is 13.3 Å². The van der Waals surface area contributed by atoms with Crippen LogP contribution in [0, 0.1) is 0 Å². The first-order valence-corrected chi connectivity index (χ1v) is 9.68. The van der Waals surface area contributed by atoms with Gasteiger partial charge in [0.05, 0.1) is 17.9 Å². The zero-order valence-corrected chi connectivity index (χ0v) is 15.2. The third-order valence-electron chi connectivity index (χ3n) is 3.36. The summed E-state index contributed by atoms with van der Waals surface area (Å²) in [6, 6.07) is 15.6. The van der Waals surface area contributed by atoms with Crippen molar-refractivity contribution in [1.82, 2.24) is 5.32 Å². The first-order chi connectivity index (χ1) is 12.3. The molecule has 0 bridgehead atoms. The Balaban J connectivity index is 1.83. The molecule has 2 aromatic rings. The van der Waals surface area contributed by atoms with Crippen molar-refractivity contribution in [2.24, 2.45) is 0 Å². The molecule has 138 valence electrons. The van der Waals surface area contributed by atoms with Gasteiger partial charge in [-0.1, -0.05) is 36.4 Å². The van der Waals surface area contributed by atoms with Crippen molar-refractivity contribution in [3.63, 3.8) is 0 Å². The van der Waals surface area contributed by atoms with Gasteiger partial charge in [0.25, 0.3) is 0 Å². The predicted molar refractivity (Wildman–Crippen MR) is 101 cm³/mol. The van der Waals surface area contributed by atoms with Gasteiger partial charge in [0.2, 0.25) is 21.8 Å². The lowest BCUT2D eigenvalue weighted by Gasteiger charge is -2.10. The first kappa shape index (κ1) is 19.5. The molecule has 0 saturated heterocycles. The van der Waals surface area contributed by atoms with E-state index in [4.69, 9.17) is 0 Å². The van der Waals surface area contributed by atoms with Crippen molar-refractivity contribution in [3.05, 3.63) is 60.2 Å². The molecule has 7 nitrogen and oxygen atoms in total. The van der Waals surface area contributed by atoms with Crippen LogP contribution in [0.2, 0.25) is 0 Å². The molecule has 2 rings (SSSR count). The van der Waals surface area contributed by atoms with Gasteiger partial charge in [-0.05, 0) is 23.8 Å². The smallest absolute Gasteiger partial charge is 0.234 e. The number of anilines is 2. The van der Waals surface area contributed by atoms with Crippen LogP contribution in [-0.4, -0.2) is 32.5 Å². The quantitative estimate of drug-likeness (QED) is 0.654. The Morgan fingerprint density at radius 2 is 1.65 bits per heavy atom. The summed E-state index contributed by atoms with van der Waals surface area (Å²) in [5.41, 5.74) is 1.70. The van der Waals surface area contributed by atoms with Gasteiger partial charge in [0.1, 0.15) is 0 Å². The maximum absolute atomic E-state index is 12.1. The highest BCUT2D eigenvalue weighted by atomic mass is 32.2. The summed E-state index contributed by atoms with van der Waals surface area (Å²) in [6.07, 6.45) is 0.201. The Morgan fingerprint density at radius 1 is 0.962 bits per heavy atom. The highest BCUT2D eigenvalue weighted by Crippen LogP contribution is 2.16. The molecular formula is C18H21N3O4S. The lowest BCUT2D eigenvalue weighted by Crippen LogP contribution is -2.32. The number of hydrogen-bond donors (Lipinski definition) is 3. The van der Waals surface area contributed by atoms with Crippen LogP contribution in [0.3, 0.4) is 0 Å². The molecule has 2 aromatic carbocycles. The molecule has 26 heavy (non-hydrogen) atoms. The zero-order valence-electron chi connectivity index (χ0n) is 14.4. The van der Waals surface area contributed by atoms with Crippen molar-refractivity contribution < 1.29 is 18.0 Å². The molecule has 0 saturated carbocycles. The van der Waals surface area contributed by atoms with E-state index < -0.39 is 10.0 Å². The standard InChI is InChI=1S/C18H21N3O4S/c1-14(22)20-16-8-5-9-17(13-16)21-26(24,25)11-10-19-18(23)12-15-6-3-2-4-7-15/h2-9,13,21H,10-12H2,1H3,(H,19,23)(H,20,22). The van der Waals surface area contributed by atoms with Crippen molar-refractivity contribution >= 4 is 33.2 Å². The normalized spacial score (nSPS) is 10.8. The van der Waals surface area contributed by atoms with Gasteiger partial charge >= 0.3 is 0 Å². The second kappa shape index (κ2) is 9.00. The number of nitrogens with one attached hydrogen (secondary N) is 3. The van der Waals surface area contributed by atoms with Gasteiger partial charge in [0, 0.05) is 19.2 Å². The Morgan fingerprint density at radius 3 is 2.35 bits per heavy atom. The summed E-state index contributed by atoms with van der Waals surface area (Å²) in [7, 11) is -3.63. The van der Waals surface area contributed by atoms with Crippen LogP contribution >= 0.6 is 0 Å². The molecule has 0 fully saturated rings. The number of carbonyl (C=O) groups is 2. The fraction of sp³-hybridized carbons (Fsp3) is 0.222. The third kappa shape index (κ3) is 6.94. The highest BCUT2D eigenvalue weighted by molar-refractivity contribution is 7.92. The van der Waals surface area contributed by atoms with Crippen LogP contribution in [0.15, 0.2) is 54.6 Å². The monoisotopic (exact) mass is 375 g/mol. The van der Waals surface area contributed by atoms with Crippen molar-refractivity contribution in [1.29, 1.82) is 0 Å². The molecule has 0 aromatic heterocycles. The molecule has 2 amide bonds. The molecule has 0 aliphatic heterocycles. The molecule has 0 aliphatic rings. The van der Waals surface area contributed by atoms with Gasteiger partial charge < -0.3 is 10.6 Å². The van der Waals surface area contributed by atoms with Crippen LogP contribution in [-0.2, 0) is 26.0 Å². The Kier molecular flexibility index (Phi) is 6.74. The minimum atomic E-state index is -3.63. The van der Waals surface area contributed by atoms with Crippen LogP contribution in [0.4, 0.5) is 11.4 Å². The molecule has 0 radical (unpaired) electrons. The van der Waals surface area contributed by atoms with E-state index in [0.29, 0.717) is 11.4 Å². The molecule has 3 N–H and O–H groups in total. The zero-order chi connectivity index (χ0) is 19.0. The molecule has 0 spiro atoms. The Labute approximate surface area is 152 Å². The highest BCUT2D eigenvalue weighted by Gasteiger charge is 2.12. The van der Waals surface area contributed by atoms with E-state index in [-0.39, 0.29) is 30.5 Å². The summed E-state index contributed by atoms with van der Waals surface area (Å²) >= 11 is 0. The summed E-state index contributed by atoms with van der Waals surface area (Å²) in [4.78, 5) is 22.9. The summed E-state index contributed by atoms with van der Waals surface area (Å²) < 4.78 is 26.7. The minimum Gasteiger partial charge on any atom is -0.355 e. The van der Waals surface area contributed by atoms with Crippen molar-refractivity contribution in [3.8, 4) is 0 Å². The van der Waals surface area contributed by atoms with E-state index in [2.05, 4.69) is 15.4 Å². The molecule has 8 heteroatoms. The summed E-state index contributed by atoms with van der Waals surface area (Å²) in [5, 5.41) is 5.18. The van der Waals surface area contributed by atoms with E-state index in [1.165, 1.54) is 13.0 Å².